The third-order valence-electron chi connectivity index (χ3n) is 5.44. The lowest BCUT2D eigenvalue weighted by molar-refractivity contribution is 0.488. The van der Waals surface area contributed by atoms with Gasteiger partial charge in [-0.3, -0.25) is 0 Å². The maximum Gasteiger partial charge on any atom is 0.125 e. The Labute approximate surface area is 166 Å². The van der Waals surface area contributed by atoms with Crippen molar-refractivity contribution in [3.8, 4) is 0 Å². The van der Waals surface area contributed by atoms with Crippen molar-refractivity contribution in [2.75, 3.05) is 11.9 Å². The standard InChI is InChI=1S/C21H22N4S2/c1-13-15(4-2-3-8-22-13)20-11-16-17(7-9-23-21(16)27-20)25-14-5-6-19-18(10-14)24-12-26-19/h5-7,9-13,15,22H,2-4,8H2,1H3,(H,23,25)/t13-,15-/m0/s1. The van der Waals surface area contributed by atoms with Crippen LogP contribution in [0, 0.1) is 0 Å². The second-order valence-electron chi connectivity index (χ2n) is 7.23. The molecule has 4 heterocycles. The third-order valence-corrected chi connectivity index (χ3v) is 7.43. The van der Waals surface area contributed by atoms with Crippen LogP contribution in [0.4, 0.5) is 11.4 Å². The van der Waals surface area contributed by atoms with E-state index in [0.717, 1.165) is 28.3 Å². The van der Waals surface area contributed by atoms with E-state index in [0.29, 0.717) is 12.0 Å². The molecule has 0 bridgehead atoms. The molecule has 0 spiro atoms. The Morgan fingerprint density at radius 3 is 3.07 bits per heavy atom. The van der Waals surface area contributed by atoms with Gasteiger partial charge in [0.1, 0.15) is 4.83 Å². The first kappa shape index (κ1) is 17.1. The zero-order valence-electron chi connectivity index (χ0n) is 15.2. The predicted octanol–water partition coefficient (Wildman–Crippen LogP) is 5.90. The number of rotatable bonds is 3. The molecular formula is C21H22N4S2. The van der Waals surface area contributed by atoms with Gasteiger partial charge in [-0.15, -0.1) is 22.7 Å². The van der Waals surface area contributed by atoms with Crippen molar-refractivity contribution >= 4 is 54.5 Å². The number of thiazole rings is 1. The van der Waals surface area contributed by atoms with Gasteiger partial charge in [0.2, 0.25) is 0 Å². The number of thiophene rings is 1. The Morgan fingerprint density at radius 2 is 2.11 bits per heavy atom. The Kier molecular flexibility index (Phi) is 4.55. The molecule has 2 N–H and O–H groups in total. The number of fused-ring (bicyclic) bond motifs is 2. The molecule has 4 nitrogen and oxygen atoms in total. The minimum absolute atomic E-state index is 0.518. The maximum atomic E-state index is 4.64. The molecule has 0 unspecified atom stereocenters. The summed E-state index contributed by atoms with van der Waals surface area (Å²) in [5.41, 5.74) is 5.12. The van der Waals surface area contributed by atoms with Crippen molar-refractivity contribution < 1.29 is 0 Å². The average Bonchev–Trinajstić information content (AvgIpc) is 3.26. The normalized spacial score (nSPS) is 20.8. The van der Waals surface area contributed by atoms with Crippen molar-refractivity contribution in [3.05, 3.63) is 46.9 Å². The number of pyridine rings is 1. The molecule has 1 aromatic carbocycles. The van der Waals surface area contributed by atoms with E-state index in [1.165, 1.54) is 34.2 Å². The maximum absolute atomic E-state index is 4.64. The van der Waals surface area contributed by atoms with Gasteiger partial charge in [-0.1, -0.05) is 6.42 Å². The number of nitrogens with zero attached hydrogens (tertiary/aromatic N) is 2. The second-order valence-corrected chi connectivity index (χ2v) is 9.18. The summed E-state index contributed by atoms with van der Waals surface area (Å²) in [6.07, 6.45) is 5.73. The Bertz CT molecular complexity index is 1080. The summed E-state index contributed by atoms with van der Waals surface area (Å²) >= 11 is 3.52. The lowest BCUT2D eigenvalue weighted by atomic mass is 9.94. The third kappa shape index (κ3) is 3.33. The predicted molar refractivity (Wildman–Crippen MR) is 117 cm³/mol. The van der Waals surface area contributed by atoms with Crippen LogP contribution in [0.25, 0.3) is 20.4 Å². The van der Waals surface area contributed by atoms with Crippen molar-refractivity contribution in [3.63, 3.8) is 0 Å². The van der Waals surface area contributed by atoms with Gasteiger partial charge in [0, 0.05) is 34.1 Å². The highest BCUT2D eigenvalue weighted by Crippen LogP contribution is 2.38. The van der Waals surface area contributed by atoms with E-state index in [-0.39, 0.29) is 0 Å². The number of anilines is 2. The van der Waals surface area contributed by atoms with Crippen LogP contribution in [0.2, 0.25) is 0 Å². The minimum Gasteiger partial charge on any atom is -0.355 e. The van der Waals surface area contributed by atoms with Gasteiger partial charge in [0.25, 0.3) is 0 Å². The zero-order chi connectivity index (χ0) is 18.2. The Morgan fingerprint density at radius 1 is 1.15 bits per heavy atom. The van der Waals surface area contributed by atoms with E-state index >= 15 is 0 Å². The summed E-state index contributed by atoms with van der Waals surface area (Å²) in [5, 5.41) is 8.47. The number of hydrogen-bond acceptors (Lipinski definition) is 6. The summed E-state index contributed by atoms with van der Waals surface area (Å²) in [5.74, 6) is 0.575. The summed E-state index contributed by atoms with van der Waals surface area (Å²) in [4.78, 5) is 11.6. The molecule has 0 amide bonds. The monoisotopic (exact) mass is 394 g/mol. The topological polar surface area (TPSA) is 49.8 Å². The first-order chi connectivity index (χ1) is 13.3. The highest BCUT2D eigenvalue weighted by molar-refractivity contribution is 7.18. The molecule has 4 aromatic rings. The zero-order valence-corrected chi connectivity index (χ0v) is 16.9. The fraction of sp³-hybridized carbons (Fsp3) is 0.333. The lowest BCUT2D eigenvalue weighted by Crippen LogP contribution is -2.30. The number of nitrogens with one attached hydrogen (secondary N) is 2. The van der Waals surface area contributed by atoms with E-state index < -0.39 is 0 Å². The van der Waals surface area contributed by atoms with E-state index in [2.05, 4.69) is 57.9 Å². The van der Waals surface area contributed by atoms with Crippen LogP contribution in [0.1, 0.15) is 37.0 Å². The molecule has 27 heavy (non-hydrogen) atoms. The highest BCUT2D eigenvalue weighted by Gasteiger charge is 2.23. The van der Waals surface area contributed by atoms with Gasteiger partial charge in [-0.25, -0.2) is 9.97 Å². The molecule has 1 saturated heterocycles. The lowest BCUT2D eigenvalue weighted by Gasteiger charge is -2.20. The average molecular weight is 395 g/mol. The van der Waals surface area contributed by atoms with Gasteiger partial charge in [-0.05, 0) is 56.6 Å². The van der Waals surface area contributed by atoms with Crippen LogP contribution in [-0.4, -0.2) is 22.6 Å². The largest absolute Gasteiger partial charge is 0.355 e. The van der Waals surface area contributed by atoms with E-state index in [1.807, 2.05) is 23.0 Å². The first-order valence-corrected chi connectivity index (χ1v) is 11.2. The quantitative estimate of drug-likeness (QED) is 0.454. The molecule has 2 atom stereocenters. The fourth-order valence-corrected chi connectivity index (χ4v) is 5.87. The molecule has 0 aliphatic carbocycles. The molecule has 1 fully saturated rings. The molecule has 1 aliphatic rings. The summed E-state index contributed by atoms with van der Waals surface area (Å²) in [6, 6.07) is 11.3. The Balaban J connectivity index is 1.50. The number of benzene rings is 1. The molecule has 0 radical (unpaired) electrons. The molecule has 5 rings (SSSR count). The van der Waals surface area contributed by atoms with Crippen molar-refractivity contribution in [2.45, 2.75) is 38.1 Å². The van der Waals surface area contributed by atoms with Crippen molar-refractivity contribution in [2.24, 2.45) is 0 Å². The van der Waals surface area contributed by atoms with E-state index in [1.54, 1.807) is 11.3 Å². The van der Waals surface area contributed by atoms with Gasteiger partial charge >= 0.3 is 0 Å². The van der Waals surface area contributed by atoms with Crippen LogP contribution in [0.15, 0.2) is 42.0 Å². The van der Waals surface area contributed by atoms with Crippen LogP contribution in [-0.2, 0) is 0 Å². The highest BCUT2D eigenvalue weighted by atomic mass is 32.1. The van der Waals surface area contributed by atoms with Gasteiger partial charge < -0.3 is 10.6 Å². The SMILES string of the molecule is C[C@@H]1NCCCC[C@@H]1c1cc2c(Nc3ccc4scnc4c3)ccnc2s1. The molecule has 6 heteroatoms. The molecular weight excluding hydrogens is 372 g/mol. The molecule has 1 aliphatic heterocycles. The summed E-state index contributed by atoms with van der Waals surface area (Å²) in [6.45, 7) is 3.45. The van der Waals surface area contributed by atoms with Crippen LogP contribution >= 0.6 is 22.7 Å². The van der Waals surface area contributed by atoms with Crippen LogP contribution in [0.3, 0.4) is 0 Å². The number of aromatic nitrogens is 2. The smallest absolute Gasteiger partial charge is 0.125 e. The fourth-order valence-electron chi connectivity index (χ4n) is 3.94. The Hall–Kier alpha value is -2.02. The van der Waals surface area contributed by atoms with Gasteiger partial charge in [0.15, 0.2) is 0 Å². The van der Waals surface area contributed by atoms with Crippen molar-refractivity contribution in [1.82, 2.24) is 15.3 Å². The molecule has 138 valence electrons. The first-order valence-electron chi connectivity index (χ1n) is 9.50. The molecule has 0 saturated carbocycles. The van der Waals surface area contributed by atoms with Crippen LogP contribution < -0.4 is 10.6 Å². The van der Waals surface area contributed by atoms with Crippen molar-refractivity contribution in [1.29, 1.82) is 0 Å². The van der Waals surface area contributed by atoms with Gasteiger partial charge in [-0.2, -0.15) is 0 Å². The van der Waals surface area contributed by atoms with Crippen LogP contribution in [0.5, 0.6) is 0 Å². The summed E-state index contributed by atoms with van der Waals surface area (Å²) in [7, 11) is 0. The van der Waals surface area contributed by atoms with E-state index in [9.17, 15) is 0 Å². The van der Waals surface area contributed by atoms with Gasteiger partial charge in [0.05, 0.1) is 21.4 Å². The summed E-state index contributed by atoms with van der Waals surface area (Å²) < 4.78 is 1.22. The minimum atomic E-state index is 0.518. The second kappa shape index (κ2) is 7.19. The number of hydrogen-bond donors (Lipinski definition) is 2. The van der Waals surface area contributed by atoms with E-state index in [4.69, 9.17) is 0 Å². The molecule has 3 aromatic heterocycles.